The molecule has 2 aliphatic heterocycles. The molecule has 1 fully saturated rings. The van der Waals surface area contributed by atoms with Crippen LogP contribution in [0.4, 0.5) is 0 Å². The highest BCUT2D eigenvalue weighted by atomic mass is 16.7. The molecule has 1 N–H and O–H groups in total. The summed E-state index contributed by atoms with van der Waals surface area (Å²) in [7, 11) is 6.26. The summed E-state index contributed by atoms with van der Waals surface area (Å²) in [6, 6.07) is 8.79. The van der Waals surface area contributed by atoms with Gasteiger partial charge in [0.25, 0.3) is 5.91 Å². The van der Waals surface area contributed by atoms with E-state index in [0.29, 0.717) is 60.4 Å². The molecule has 10 heteroatoms. The highest BCUT2D eigenvalue weighted by Gasteiger charge is 2.41. The summed E-state index contributed by atoms with van der Waals surface area (Å²) < 4.78 is 32.4. The second kappa shape index (κ2) is 11.4. The molecule has 2 aliphatic rings. The van der Waals surface area contributed by atoms with Crippen LogP contribution in [-0.4, -0.2) is 78.2 Å². The molecule has 0 radical (unpaired) electrons. The normalized spacial score (nSPS) is 18.2. The van der Waals surface area contributed by atoms with Crippen molar-refractivity contribution in [2.24, 2.45) is 5.92 Å². The van der Waals surface area contributed by atoms with Crippen LogP contribution < -0.4 is 29.0 Å². The molecule has 2 atom stereocenters. The highest BCUT2D eigenvalue weighted by Crippen LogP contribution is 2.43. The Labute approximate surface area is 210 Å². The molecule has 2 aromatic rings. The van der Waals surface area contributed by atoms with E-state index >= 15 is 0 Å². The maximum Gasteiger partial charge on any atom is 0.254 e. The number of benzene rings is 2. The van der Waals surface area contributed by atoms with Crippen LogP contribution in [0.5, 0.6) is 28.7 Å². The number of methoxy groups -OCH3 is 4. The molecule has 10 nitrogen and oxygen atoms in total. The van der Waals surface area contributed by atoms with Crippen molar-refractivity contribution in [1.29, 1.82) is 0 Å². The van der Waals surface area contributed by atoms with Crippen molar-refractivity contribution in [1.82, 2.24) is 10.2 Å². The lowest BCUT2D eigenvalue weighted by molar-refractivity contribution is -0.125. The van der Waals surface area contributed by atoms with Gasteiger partial charge in [-0.2, -0.15) is 0 Å². The third-order valence-corrected chi connectivity index (χ3v) is 6.50. The van der Waals surface area contributed by atoms with Gasteiger partial charge in [-0.1, -0.05) is 0 Å². The summed E-state index contributed by atoms with van der Waals surface area (Å²) in [5, 5.41) is 2.99. The molecule has 0 bridgehead atoms. The molecule has 2 aromatic carbocycles. The van der Waals surface area contributed by atoms with Crippen LogP contribution in [0, 0.1) is 5.92 Å². The summed E-state index contributed by atoms with van der Waals surface area (Å²) >= 11 is 0. The van der Waals surface area contributed by atoms with E-state index < -0.39 is 5.92 Å². The molecule has 2 amide bonds. The Bertz CT molecular complexity index is 1080. The van der Waals surface area contributed by atoms with Crippen molar-refractivity contribution < 1.29 is 38.0 Å². The number of ether oxygens (including phenoxy) is 6. The summed E-state index contributed by atoms with van der Waals surface area (Å²) in [6.07, 6.45) is 0.698. The van der Waals surface area contributed by atoms with E-state index in [1.165, 1.54) is 7.11 Å². The van der Waals surface area contributed by atoms with Crippen LogP contribution in [0.15, 0.2) is 30.3 Å². The van der Waals surface area contributed by atoms with E-state index in [2.05, 4.69) is 5.32 Å². The molecule has 0 spiro atoms. The van der Waals surface area contributed by atoms with E-state index in [0.717, 1.165) is 5.56 Å². The number of carbonyl (C=O) groups excluding carboxylic acids is 2. The van der Waals surface area contributed by atoms with Gasteiger partial charge in [-0.3, -0.25) is 9.59 Å². The predicted octanol–water partition coefficient (Wildman–Crippen LogP) is 2.45. The SMILES string of the molecule is COCCCNC(=O)[C@H]1CN(C(=O)c2ccc3c(c2)OCO3)C[C@@H]1c1cc(OC)c(OC)c(OC)c1. The van der Waals surface area contributed by atoms with Crippen molar-refractivity contribution in [2.45, 2.75) is 12.3 Å². The molecule has 4 rings (SSSR count). The Hall–Kier alpha value is -3.66. The Morgan fingerprint density at radius 1 is 0.972 bits per heavy atom. The van der Waals surface area contributed by atoms with Gasteiger partial charge >= 0.3 is 0 Å². The second-order valence-corrected chi connectivity index (χ2v) is 8.59. The molecular formula is C26H32N2O8. The minimum Gasteiger partial charge on any atom is -0.493 e. The average Bonchev–Trinajstić information content (AvgIpc) is 3.57. The summed E-state index contributed by atoms with van der Waals surface area (Å²) in [6.45, 7) is 1.79. The first-order valence-corrected chi connectivity index (χ1v) is 11.8. The van der Waals surface area contributed by atoms with Crippen LogP contribution >= 0.6 is 0 Å². The summed E-state index contributed by atoms with van der Waals surface area (Å²) in [4.78, 5) is 28.4. The number of fused-ring (bicyclic) bond motifs is 1. The van der Waals surface area contributed by atoms with Crippen molar-refractivity contribution in [3.05, 3.63) is 41.5 Å². The Morgan fingerprint density at radius 3 is 2.36 bits per heavy atom. The number of hydrogen-bond acceptors (Lipinski definition) is 8. The van der Waals surface area contributed by atoms with Gasteiger partial charge in [-0.25, -0.2) is 0 Å². The third kappa shape index (κ3) is 5.13. The molecule has 0 saturated carbocycles. The Kier molecular flexibility index (Phi) is 8.04. The first kappa shape index (κ1) is 25.4. The van der Waals surface area contributed by atoms with Gasteiger partial charge in [0, 0.05) is 44.8 Å². The fraction of sp³-hybridized carbons (Fsp3) is 0.462. The third-order valence-electron chi connectivity index (χ3n) is 6.50. The number of carbonyl (C=O) groups is 2. The highest BCUT2D eigenvalue weighted by molar-refractivity contribution is 5.96. The van der Waals surface area contributed by atoms with Crippen molar-refractivity contribution in [3.63, 3.8) is 0 Å². The molecule has 1 saturated heterocycles. The Balaban J connectivity index is 1.62. The minimum absolute atomic E-state index is 0.120. The maximum atomic E-state index is 13.4. The van der Waals surface area contributed by atoms with Gasteiger partial charge in [0.1, 0.15) is 0 Å². The zero-order valence-corrected chi connectivity index (χ0v) is 21.0. The lowest BCUT2D eigenvalue weighted by Crippen LogP contribution is -2.36. The molecular weight excluding hydrogens is 468 g/mol. The van der Waals surface area contributed by atoms with E-state index in [1.54, 1.807) is 44.4 Å². The number of hydrogen-bond donors (Lipinski definition) is 1. The summed E-state index contributed by atoms with van der Waals surface area (Å²) in [5.74, 6) is 1.55. The number of nitrogens with one attached hydrogen (secondary N) is 1. The zero-order chi connectivity index (χ0) is 25.7. The molecule has 0 unspecified atom stereocenters. The number of amides is 2. The minimum atomic E-state index is -0.465. The van der Waals surface area contributed by atoms with E-state index in [-0.39, 0.29) is 31.1 Å². The van der Waals surface area contributed by atoms with Gasteiger partial charge in [0.2, 0.25) is 18.4 Å². The predicted molar refractivity (Wildman–Crippen MR) is 130 cm³/mol. The monoisotopic (exact) mass is 500 g/mol. The summed E-state index contributed by atoms with van der Waals surface area (Å²) in [5.41, 5.74) is 1.30. The standard InChI is InChI=1S/C26H32N2O8/c1-31-9-5-8-27-25(29)19-14-28(26(30)16-6-7-20-21(10-16)36-15-35-20)13-18(19)17-11-22(32-2)24(34-4)23(12-17)33-3/h6-7,10-12,18-19H,5,8-9,13-15H2,1-4H3,(H,27,29)/t18-,19+/m1/s1. The van der Waals surface area contributed by atoms with Gasteiger partial charge in [0.05, 0.1) is 27.2 Å². The van der Waals surface area contributed by atoms with Crippen molar-refractivity contribution in [2.75, 3.05) is 61.5 Å². The van der Waals surface area contributed by atoms with Crippen LogP contribution in [-0.2, 0) is 9.53 Å². The van der Waals surface area contributed by atoms with Gasteiger partial charge < -0.3 is 38.6 Å². The van der Waals surface area contributed by atoms with Crippen LogP contribution in [0.1, 0.15) is 28.3 Å². The van der Waals surface area contributed by atoms with Crippen molar-refractivity contribution >= 4 is 11.8 Å². The first-order valence-electron chi connectivity index (χ1n) is 11.8. The zero-order valence-electron chi connectivity index (χ0n) is 21.0. The molecule has 2 heterocycles. The molecule has 0 aromatic heterocycles. The van der Waals surface area contributed by atoms with E-state index in [4.69, 9.17) is 28.4 Å². The van der Waals surface area contributed by atoms with Gasteiger partial charge in [-0.15, -0.1) is 0 Å². The lowest BCUT2D eigenvalue weighted by atomic mass is 9.88. The average molecular weight is 501 g/mol. The van der Waals surface area contributed by atoms with Crippen LogP contribution in [0.25, 0.3) is 0 Å². The van der Waals surface area contributed by atoms with Crippen LogP contribution in [0.2, 0.25) is 0 Å². The molecule has 36 heavy (non-hydrogen) atoms. The van der Waals surface area contributed by atoms with Gasteiger partial charge in [-0.05, 0) is 42.3 Å². The number of rotatable bonds is 10. The van der Waals surface area contributed by atoms with Gasteiger partial charge in [0.15, 0.2) is 23.0 Å². The second-order valence-electron chi connectivity index (χ2n) is 8.59. The Morgan fingerprint density at radius 2 is 1.69 bits per heavy atom. The first-order chi connectivity index (χ1) is 17.5. The molecule has 0 aliphatic carbocycles. The van der Waals surface area contributed by atoms with Crippen molar-refractivity contribution in [3.8, 4) is 28.7 Å². The van der Waals surface area contributed by atoms with Crippen LogP contribution in [0.3, 0.4) is 0 Å². The smallest absolute Gasteiger partial charge is 0.254 e. The quantitative estimate of drug-likeness (QED) is 0.496. The largest absolute Gasteiger partial charge is 0.493 e. The fourth-order valence-corrected chi connectivity index (χ4v) is 4.66. The number of nitrogens with zero attached hydrogens (tertiary/aromatic N) is 1. The fourth-order valence-electron chi connectivity index (χ4n) is 4.66. The maximum absolute atomic E-state index is 13.4. The van der Waals surface area contributed by atoms with E-state index in [9.17, 15) is 9.59 Å². The number of likely N-dealkylation sites (tertiary alicyclic amines) is 1. The molecule has 194 valence electrons. The topological polar surface area (TPSA) is 105 Å². The van der Waals surface area contributed by atoms with E-state index in [1.807, 2.05) is 12.1 Å². The lowest BCUT2D eigenvalue weighted by Gasteiger charge is -2.21.